The number of hydrogen-bond acceptors (Lipinski definition) is 7. The Balaban J connectivity index is 1.52. The predicted molar refractivity (Wildman–Crippen MR) is 112 cm³/mol. The Morgan fingerprint density at radius 2 is 1.94 bits per heavy atom. The van der Waals surface area contributed by atoms with Gasteiger partial charge in [0, 0.05) is 30.4 Å². The largest absolute Gasteiger partial charge is 0.496 e. The molecule has 31 heavy (non-hydrogen) atoms. The van der Waals surface area contributed by atoms with E-state index >= 15 is 0 Å². The number of furan rings is 1. The molecule has 9 heteroatoms. The second-order valence-corrected chi connectivity index (χ2v) is 7.26. The smallest absolute Gasteiger partial charge is 0.373 e. The molecule has 2 fully saturated rings. The Bertz CT molecular complexity index is 1050. The van der Waals surface area contributed by atoms with E-state index in [2.05, 4.69) is 15.0 Å². The molecule has 162 valence electrons. The van der Waals surface area contributed by atoms with Crippen molar-refractivity contribution >= 4 is 29.7 Å². The summed E-state index contributed by atoms with van der Waals surface area (Å²) in [5, 5.41) is 2.58. The zero-order valence-electron chi connectivity index (χ0n) is 17.3. The molecule has 1 N–H and O–H groups in total. The van der Waals surface area contributed by atoms with Crippen molar-refractivity contribution in [2.24, 2.45) is 0 Å². The first-order valence-corrected chi connectivity index (χ1v) is 9.94. The van der Waals surface area contributed by atoms with Crippen molar-refractivity contribution in [3.63, 3.8) is 0 Å². The summed E-state index contributed by atoms with van der Waals surface area (Å²) in [7, 11) is 2.81. The first kappa shape index (κ1) is 20.5. The fraction of sp³-hybridized carbons (Fsp3) is 0.318. The van der Waals surface area contributed by atoms with Gasteiger partial charge in [-0.15, -0.1) is 0 Å². The molecule has 2 aliphatic rings. The molecule has 0 radical (unpaired) electrons. The molecule has 2 aromatic rings. The number of carbonyl (C=O) groups excluding carboxylic acids is 3. The number of rotatable bonds is 6. The summed E-state index contributed by atoms with van der Waals surface area (Å²) in [6.45, 7) is 1.92. The minimum absolute atomic E-state index is 0.00291. The highest BCUT2D eigenvalue weighted by molar-refractivity contribution is 6.14. The fourth-order valence-electron chi connectivity index (χ4n) is 3.69. The van der Waals surface area contributed by atoms with Crippen LogP contribution >= 0.6 is 0 Å². The van der Waals surface area contributed by atoms with Crippen LogP contribution in [0.4, 0.5) is 10.5 Å². The number of anilines is 1. The van der Waals surface area contributed by atoms with Gasteiger partial charge < -0.3 is 24.1 Å². The summed E-state index contributed by atoms with van der Waals surface area (Å²) >= 11 is 0. The summed E-state index contributed by atoms with van der Waals surface area (Å²) in [5.74, 6) is -0.216. The fourth-order valence-corrected chi connectivity index (χ4v) is 3.69. The molecule has 0 bridgehead atoms. The van der Waals surface area contributed by atoms with E-state index in [1.54, 1.807) is 13.2 Å². The van der Waals surface area contributed by atoms with Crippen LogP contribution in [0.3, 0.4) is 0 Å². The average molecular weight is 425 g/mol. The first-order valence-electron chi connectivity index (χ1n) is 9.94. The summed E-state index contributed by atoms with van der Waals surface area (Å²) in [6, 6.07) is 8.18. The Morgan fingerprint density at radius 1 is 1.16 bits per heavy atom. The van der Waals surface area contributed by atoms with Gasteiger partial charge in [-0.2, -0.15) is 0 Å². The maximum absolute atomic E-state index is 12.8. The van der Waals surface area contributed by atoms with E-state index in [-0.39, 0.29) is 23.8 Å². The molecule has 2 saturated heterocycles. The van der Waals surface area contributed by atoms with Crippen molar-refractivity contribution in [3.05, 3.63) is 53.1 Å². The van der Waals surface area contributed by atoms with Crippen LogP contribution in [0.1, 0.15) is 34.7 Å². The third-order valence-corrected chi connectivity index (χ3v) is 5.31. The molecule has 0 spiro atoms. The summed E-state index contributed by atoms with van der Waals surface area (Å²) in [5.41, 5.74) is 1.89. The van der Waals surface area contributed by atoms with Gasteiger partial charge >= 0.3 is 12.0 Å². The highest BCUT2D eigenvalue weighted by Crippen LogP contribution is 2.30. The molecule has 4 rings (SSSR count). The molecule has 1 aromatic carbocycles. The number of ether oxygens (including phenoxy) is 2. The topological polar surface area (TPSA) is 101 Å². The number of nitrogens with one attached hydrogen (secondary N) is 1. The number of amides is 3. The predicted octanol–water partition coefficient (Wildman–Crippen LogP) is 2.77. The van der Waals surface area contributed by atoms with Crippen molar-refractivity contribution in [2.45, 2.75) is 19.4 Å². The van der Waals surface area contributed by atoms with Crippen LogP contribution < -0.4 is 15.0 Å². The second kappa shape index (κ2) is 8.55. The zero-order valence-corrected chi connectivity index (χ0v) is 17.3. The molecule has 2 aliphatic heterocycles. The number of methoxy groups -OCH3 is 2. The molecular formula is C22H23N3O6. The number of carbonyl (C=O) groups is 3. The lowest BCUT2D eigenvalue weighted by Crippen LogP contribution is -2.30. The van der Waals surface area contributed by atoms with Crippen LogP contribution in [0.5, 0.6) is 5.75 Å². The Hall–Kier alpha value is -3.75. The van der Waals surface area contributed by atoms with Crippen molar-refractivity contribution in [1.29, 1.82) is 0 Å². The monoisotopic (exact) mass is 425 g/mol. The van der Waals surface area contributed by atoms with Crippen molar-refractivity contribution in [1.82, 2.24) is 10.2 Å². The molecule has 0 aliphatic carbocycles. The van der Waals surface area contributed by atoms with Crippen LogP contribution in [0, 0.1) is 0 Å². The van der Waals surface area contributed by atoms with Gasteiger partial charge in [-0.1, -0.05) is 0 Å². The van der Waals surface area contributed by atoms with Crippen molar-refractivity contribution in [2.75, 3.05) is 32.2 Å². The lowest BCUT2D eigenvalue weighted by molar-refractivity contribution is -0.123. The Morgan fingerprint density at radius 3 is 2.65 bits per heavy atom. The minimum Gasteiger partial charge on any atom is -0.496 e. The molecule has 1 aromatic heterocycles. The first-order chi connectivity index (χ1) is 15.0. The molecule has 9 nitrogen and oxygen atoms in total. The lowest BCUT2D eigenvalue weighted by atomic mass is 10.1. The van der Waals surface area contributed by atoms with Crippen LogP contribution in [0.15, 0.2) is 40.4 Å². The normalized spacial score (nSPS) is 17.4. The maximum atomic E-state index is 12.8. The number of benzene rings is 1. The van der Waals surface area contributed by atoms with Crippen LogP contribution in [0.2, 0.25) is 0 Å². The third-order valence-electron chi connectivity index (χ3n) is 5.31. The van der Waals surface area contributed by atoms with E-state index in [9.17, 15) is 14.4 Å². The molecule has 3 amide bonds. The van der Waals surface area contributed by atoms with E-state index in [0.717, 1.165) is 23.7 Å². The average Bonchev–Trinajstić information content (AvgIpc) is 3.52. The summed E-state index contributed by atoms with van der Waals surface area (Å²) < 4.78 is 15.5. The zero-order chi connectivity index (χ0) is 22.0. The van der Waals surface area contributed by atoms with Gasteiger partial charge in [0.25, 0.3) is 5.91 Å². The molecule has 0 unspecified atom stereocenters. The summed E-state index contributed by atoms with van der Waals surface area (Å²) in [6.07, 6.45) is 3.93. The maximum Gasteiger partial charge on any atom is 0.373 e. The number of esters is 1. The van der Waals surface area contributed by atoms with Gasteiger partial charge in [0.1, 0.15) is 17.2 Å². The molecule has 3 heterocycles. The van der Waals surface area contributed by atoms with E-state index in [0.29, 0.717) is 11.3 Å². The van der Waals surface area contributed by atoms with E-state index in [1.165, 1.54) is 32.1 Å². The number of hydrogen-bond donors (Lipinski definition) is 1. The van der Waals surface area contributed by atoms with Crippen LogP contribution in [-0.2, 0) is 16.1 Å². The molecular weight excluding hydrogens is 402 g/mol. The second-order valence-electron chi connectivity index (χ2n) is 7.26. The molecule has 0 saturated carbocycles. The Kier molecular flexibility index (Phi) is 5.66. The number of urea groups is 1. The standard InChI is InChI=1S/C22H23N3O6/c1-29-19-12-15(24-9-3-4-10-24)6-5-14(19)11-17-20(26)25(22(28)23-17)13-16-7-8-18(31-16)21(27)30-2/h5-8,11-12H,3-4,9-10,13H2,1-2H3,(H,23,28). The van der Waals surface area contributed by atoms with Gasteiger partial charge in [-0.05, 0) is 43.2 Å². The third kappa shape index (κ3) is 4.11. The van der Waals surface area contributed by atoms with Gasteiger partial charge in [0.05, 0.1) is 20.8 Å². The minimum atomic E-state index is -0.631. The van der Waals surface area contributed by atoms with Crippen LogP contribution in [0.25, 0.3) is 6.08 Å². The Labute approximate surface area is 179 Å². The van der Waals surface area contributed by atoms with Crippen molar-refractivity contribution < 1.29 is 28.3 Å². The summed E-state index contributed by atoms with van der Waals surface area (Å²) in [4.78, 5) is 40.0. The van der Waals surface area contributed by atoms with E-state index < -0.39 is 17.9 Å². The van der Waals surface area contributed by atoms with Gasteiger partial charge in [0.15, 0.2) is 0 Å². The van der Waals surface area contributed by atoms with Gasteiger partial charge in [-0.3, -0.25) is 9.69 Å². The van der Waals surface area contributed by atoms with Gasteiger partial charge in [-0.25, -0.2) is 9.59 Å². The number of imide groups is 1. The van der Waals surface area contributed by atoms with Gasteiger partial charge in [0.2, 0.25) is 5.76 Å². The quantitative estimate of drug-likeness (QED) is 0.431. The molecule has 0 atom stereocenters. The van der Waals surface area contributed by atoms with E-state index in [4.69, 9.17) is 9.15 Å². The highest BCUT2D eigenvalue weighted by atomic mass is 16.5. The van der Waals surface area contributed by atoms with E-state index in [1.807, 2.05) is 18.2 Å². The van der Waals surface area contributed by atoms with Crippen LogP contribution in [-0.4, -0.2) is 50.1 Å². The highest BCUT2D eigenvalue weighted by Gasteiger charge is 2.34. The SMILES string of the molecule is COC(=O)c1ccc(CN2C(=O)NC(=Cc3ccc(N4CCCC4)cc3OC)C2=O)o1. The van der Waals surface area contributed by atoms with Crippen molar-refractivity contribution in [3.8, 4) is 5.75 Å². The lowest BCUT2D eigenvalue weighted by Gasteiger charge is -2.19. The number of nitrogens with zero attached hydrogens (tertiary/aromatic N) is 2.